The molecular weight excluding hydrogens is 309 g/mol. The van der Waals surface area contributed by atoms with Gasteiger partial charge in [0.2, 0.25) is 5.91 Å². The quantitative estimate of drug-likeness (QED) is 0.809. The first kappa shape index (κ1) is 14.5. The maximum Gasteiger partial charge on any atom is 0.226 e. The zero-order valence-electron chi connectivity index (χ0n) is 11.4. The van der Waals surface area contributed by atoms with E-state index in [9.17, 15) is 9.18 Å². The van der Waals surface area contributed by atoms with Crippen LogP contribution >= 0.6 is 15.9 Å². The molecule has 0 aliphatic carbocycles. The summed E-state index contributed by atoms with van der Waals surface area (Å²) in [5.41, 5.74) is 1.19. The molecule has 0 atom stereocenters. The van der Waals surface area contributed by atoms with Gasteiger partial charge < -0.3 is 4.90 Å². The molecule has 1 aromatic carbocycles. The van der Waals surface area contributed by atoms with Crippen LogP contribution in [-0.4, -0.2) is 23.9 Å². The maximum atomic E-state index is 13.1. The normalized spacial score (nSPS) is 18.4. The summed E-state index contributed by atoms with van der Waals surface area (Å²) in [7, 11) is 0. The van der Waals surface area contributed by atoms with Crippen molar-refractivity contribution in [2.75, 3.05) is 13.1 Å². The van der Waals surface area contributed by atoms with Crippen molar-refractivity contribution in [1.29, 1.82) is 0 Å². The van der Waals surface area contributed by atoms with Gasteiger partial charge in [0.15, 0.2) is 0 Å². The fourth-order valence-corrected chi connectivity index (χ4v) is 2.72. The highest BCUT2D eigenvalue weighted by Crippen LogP contribution is 2.30. The van der Waals surface area contributed by atoms with E-state index in [2.05, 4.69) is 29.8 Å². The molecule has 1 saturated heterocycles. The van der Waals surface area contributed by atoms with Gasteiger partial charge in [-0.15, -0.1) is 0 Å². The number of benzene rings is 1. The Hall–Kier alpha value is -0.900. The van der Waals surface area contributed by atoms with E-state index in [0.29, 0.717) is 16.3 Å². The summed E-state index contributed by atoms with van der Waals surface area (Å²) in [5, 5.41) is 0. The third-order valence-corrected chi connectivity index (χ3v) is 4.42. The summed E-state index contributed by atoms with van der Waals surface area (Å²) in [6.07, 6.45) is 2.44. The van der Waals surface area contributed by atoms with Crippen molar-refractivity contribution in [3.05, 3.63) is 34.1 Å². The molecule has 1 aliphatic rings. The van der Waals surface area contributed by atoms with Gasteiger partial charge in [-0.3, -0.25) is 4.79 Å². The average molecular weight is 328 g/mol. The summed E-state index contributed by atoms with van der Waals surface area (Å²) in [5.74, 6) is -0.162. The van der Waals surface area contributed by atoms with Gasteiger partial charge in [-0.2, -0.15) is 0 Å². The molecular formula is C15H19BrFNO. The third-order valence-electron chi connectivity index (χ3n) is 3.81. The van der Waals surface area contributed by atoms with Crippen LogP contribution in [0.4, 0.5) is 4.39 Å². The topological polar surface area (TPSA) is 20.3 Å². The van der Waals surface area contributed by atoms with Crippen molar-refractivity contribution in [2.45, 2.75) is 33.1 Å². The van der Waals surface area contributed by atoms with Gasteiger partial charge in [0.25, 0.3) is 0 Å². The second kappa shape index (κ2) is 5.61. The minimum atomic E-state index is -0.295. The van der Waals surface area contributed by atoms with E-state index >= 15 is 0 Å². The Balaban J connectivity index is 1.96. The Morgan fingerprint density at radius 1 is 1.37 bits per heavy atom. The number of hydrogen-bond donors (Lipinski definition) is 0. The van der Waals surface area contributed by atoms with E-state index in [-0.39, 0.29) is 11.7 Å². The molecule has 1 fully saturated rings. The Labute approximate surface area is 122 Å². The fraction of sp³-hybridized carbons (Fsp3) is 0.533. The fourth-order valence-electron chi connectivity index (χ4n) is 2.30. The predicted octanol–water partition coefficient (Wildman–Crippen LogP) is 3.78. The van der Waals surface area contributed by atoms with E-state index in [1.54, 1.807) is 12.1 Å². The average Bonchev–Trinajstić information content (AvgIpc) is 2.33. The highest BCUT2D eigenvalue weighted by atomic mass is 79.9. The number of halogens is 2. The molecule has 1 aromatic rings. The second-order valence-electron chi connectivity index (χ2n) is 5.97. The summed E-state index contributed by atoms with van der Waals surface area (Å²) < 4.78 is 13.5. The first-order chi connectivity index (χ1) is 8.87. The Bertz CT molecular complexity index is 477. The number of likely N-dealkylation sites (tertiary alicyclic amines) is 1. The van der Waals surface area contributed by atoms with E-state index in [0.717, 1.165) is 31.5 Å². The summed E-state index contributed by atoms with van der Waals surface area (Å²) >= 11 is 3.15. The van der Waals surface area contributed by atoms with E-state index in [4.69, 9.17) is 0 Å². The van der Waals surface area contributed by atoms with Crippen LogP contribution in [0.1, 0.15) is 32.3 Å². The highest BCUT2D eigenvalue weighted by Gasteiger charge is 2.27. The van der Waals surface area contributed by atoms with Gasteiger partial charge in [-0.25, -0.2) is 4.39 Å². The molecule has 2 nitrogen and oxygen atoms in total. The predicted molar refractivity (Wildman–Crippen MR) is 77.4 cm³/mol. The van der Waals surface area contributed by atoms with Crippen LogP contribution in [-0.2, 0) is 11.2 Å². The molecule has 19 heavy (non-hydrogen) atoms. The minimum Gasteiger partial charge on any atom is -0.342 e. The molecule has 0 unspecified atom stereocenters. The number of rotatable bonds is 2. The van der Waals surface area contributed by atoms with Crippen molar-refractivity contribution >= 4 is 21.8 Å². The first-order valence-corrected chi connectivity index (χ1v) is 7.38. The molecule has 2 rings (SSSR count). The molecule has 1 amide bonds. The molecule has 0 aromatic heterocycles. The Morgan fingerprint density at radius 2 is 2.00 bits per heavy atom. The van der Waals surface area contributed by atoms with E-state index in [1.807, 2.05) is 4.90 Å². The Morgan fingerprint density at radius 3 is 2.58 bits per heavy atom. The number of carbonyl (C=O) groups is 1. The van der Waals surface area contributed by atoms with Crippen molar-refractivity contribution in [3.8, 4) is 0 Å². The summed E-state index contributed by atoms with van der Waals surface area (Å²) in [6, 6.07) is 4.75. The lowest BCUT2D eigenvalue weighted by molar-refractivity contribution is -0.132. The molecule has 0 spiro atoms. The molecule has 0 radical (unpaired) electrons. The number of amides is 1. The number of piperidine rings is 1. The number of nitrogens with zero attached hydrogens (tertiary/aromatic N) is 1. The standard InChI is InChI=1S/C15H19BrFNO/c1-15(2)5-7-18(8-6-15)14(19)10-11-3-4-13(17)12(16)9-11/h3-4,9H,5-8,10H2,1-2H3. The molecule has 4 heteroatoms. The van der Waals surface area contributed by atoms with Gasteiger partial charge in [-0.1, -0.05) is 19.9 Å². The minimum absolute atomic E-state index is 0.133. The van der Waals surface area contributed by atoms with Crippen LogP contribution in [0.2, 0.25) is 0 Å². The van der Waals surface area contributed by atoms with Gasteiger partial charge in [0.1, 0.15) is 5.82 Å². The third kappa shape index (κ3) is 3.78. The van der Waals surface area contributed by atoms with E-state index in [1.165, 1.54) is 6.07 Å². The van der Waals surface area contributed by atoms with Crippen LogP contribution < -0.4 is 0 Å². The van der Waals surface area contributed by atoms with Gasteiger partial charge in [-0.05, 0) is 51.9 Å². The number of hydrogen-bond acceptors (Lipinski definition) is 1. The zero-order valence-corrected chi connectivity index (χ0v) is 13.0. The van der Waals surface area contributed by atoms with Gasteiger partial charge in [0.05, 0.1) is 10.9 Å². The van der Waals surface area contributed by atoms with Crippen LogP contribution in [0.25, 0.3) is 0 Å². The van der Waals surface area contributed by atoms with Crippen molar-refractivity contribution in [3.63, 3.8) is 0 Å². The lowest BCUT2D eigenvalue weighted by Gasteiger charge is -2.37. The van der Waals surface area contributed by atoms with Gasteiger partial charge >= 0.3 is 0 Å². The van der Waals surface area contributed by atoms with Crippen molar-refractivity contribution < 1.29 is 9.18 Å². The Kier molecular flexibility index (Phi) is 4.29. The maximum absolute atomic E-state index is 13.1. The SMILES string of the molecule is CC1(C)CCN(C(=O)Cc2ccc(F)c(Br)c2)CC1. The van der Waals surface area contributed by atoms with Crippen LogP contribution in [0.3, 0.4) is 0 Å². The van der Waals surface area contributed by atoms with Crippen LogP contribution in [0.15, 0.2) is 22.7 Å². The first-order valence-electron chi connectivity index (χ1n) is 6.59. The van der Waals surface area contributed by atoms with Crippen molar-refractivity contribution in [1.82, 2.24) is 4.90 Å². The second-order valence-corrected chi connectivity index (χ2v) is 6.82. The largest absolute Gasteiger partial charge is 0.342 e. The summed E-state index contributed by atoms with van der Waals surface area (Å²) in [6.45, 7) is 6.14. The molecule has 0 bridgehead atoms. The molecule has 1 heterocycles. The lowest BCUT2D eigenvalue weighted by atomic mass is 9.82. The van der Waals surface area contributed by atoms with Crippen LogP contribution in [0, 0.1) is 11.2 Å². The molecule has 104 valence electrons. The smallest absolute Gasteiger partial charge is 0.226 e. The molecule has 1 aliphatic heterocycles. The molecule has 0 N–H and O–H groups in total. The lowest BCUT2D eigenvalue weighted by Crippen LogP contribution is -2.41. The number of carbonyl (C=O) groups excluding carboxylic acids is 1. The zero-order chi connectivity index (χ0) is 14.0. The van der Waals surface area contributed by atoms with Crippen molar-refractivity contribution in [2.24, 2.45) is 5.41 Å². The van der Waals surface area contributed by atoms with Gasteiger partial charge in [0, 0.05) is 13.1 Å². The monoisotopic (exact) mass is 327 g/mol. The summed E-state index contributed by atoms with van der Waals surface area (Å²) in [4.78, 5) is 14.1. The van der Waals surface area contributed by atoms with Crippen LogP contribution in [0.5, 0.6) is 0 Å². The highest BCUT2D eigenvalue weighted by molar-refractivity contribution is 9.10. The molecule has 0 saturated carbocycles. The van der Waals surface area contributed by atoms with E-state index < -0.39 is 0 Å².